The minimum Gasteiger partial charge on any atom is -0.208 e. The van der Waals surface area contributed by atoms with Gasteiger partial charge in [-0.15, -0.1) is 11.3 Å². The highest BCUT2D eigenvalue weighted by molar-refractivity contribution is 7.26. The molecular formula is C45H29N3S. The average Bonchev–Trinajstić information content (AvgIpc) is 3.65. The fraction of sp³-hybridized carbons (Fsp3) is 0. The summed E-state index contributed by atoms with van der Waals surface area (Å²) in [5.41, 5.74) is 4.75. The maximum Gasteiger partial charge on any atom is 0.164 e. The van der Waals surface area contributed by atoms with Crippen LogP contribution in [-0.2, 0) is 0 Å². The first kappa shape index (κ1) is 20.2. The number of rotatable bonds is 6. The van der Waals surface area contributed by atoms with Crippen LogP contribution in [0.15, 0.2) is 176 Å². The molecule has 0 spiro atoms. The molecule has 9 aromatic rings. The molecule has 0 aliphatic rings. The van der Waals surface area contributed by atoms with Crippen LogP contribution in [0.2, 0.25) is 0 Å². The fourth-order valence-corrected chi connectivity index (χ4v) is 7.19. The molecule has 2 aromatic heterocycles. The summed E-state index contributed by atoms with van der Waals surface area (Å²) < 4.78 is 86.6. The first-order valence-corrected chi connectivity index (χ1v) is 16.4. The fourth-order valence-electron chi connectivity index (χ4n) is 5.95. The van der Waals surface area contributed by atoms with E-state index >= 15 is 0 Å². The summed E-state index contributed by atoms with van der Waals surface area (Å²) in [6.07, 6.45) is 0. The summed E-state index contributed by atoms with van der Waals surface area (Å²) in [5, 5.41) is 1.35. The summed E-state index contributed by atoms with van der Waals surface area (Å²) in [4.78, 5) is 14.8. The van der Waals surface area contributed by atoms with Crippen LogP contribution >= 0.6 is 11.3 Å². The van der Waals surface area contributed by atoms with Crippen molar-refractivity contribution in [2.24, 2.45) is 0 Å². The molecule has 49 heavy (non-hydrogen) atoms. The first-order valence-electron chi connectivity index (χ1n) is 20.5. The van der Waals surface area contributed by atoms with Crippen LogP contribution in [0, 0.1) is 0 Å². The van der Waals surface area contributed by atoms with Crippen molar-refractivity contribution in [2.45, 2.75) is 0 Å². The Morgan fingerprint density at radius 2 is 0.959 bits per heavy atom. The van der Waals surface area contributed by atoms with E-state index in [2.05, 4.69) is 0 Å². The Balaban J connectivity index is 1.28. The number of thiophene rings is 1. The van der Waals surface area contributed by atoms with Crippen LogP contribution in [0.25, 0.3) is 87.7 Å². The van der Waals surface area contributed by atoms with E-state index in [1.54, 1.807) is 12.1 Å². The highest BCUT2D eigenvalue weighted by atomic mass is 32.1. The molecule has 0 radical (unpaired) electrons. The second-order valence-electron chi connectivity index (χ2n) is 11.3. The van der Waals surface area contributed by atoms with E-state index in [4.69, 9.17) is 28.7 Å². The van der Waals surface area contributed by atoms with Gasteiger partial charge in [0.05, 0.1) is 13.7 Å². The van der Waals surface area contributed by atoms with Gasteiger partial charge < -0.3 is 0 Å². The molecule has 4 heteroatoms. The van der Waals surface area contributed by atoms with Gasteiger partial charge in [-0.05, 0) is 52.1 Å². The highest BCUT2D eigenvalue weighted by Gasteiger charge is 2.17. The van der Waals surface area contributed by atoms with Crippen molar-refractivity contribution in [1.29, 1.82) is 0 Å². The van der Waals surface area contributed by atoms with Gasteiger partial charge in [0.25, 0.3) is 0 Å². The number of benzene rings is 7. The molecule has 0 aliphatic heterocycles. The minimum atomic E-state index is -0.541. The lowest BCUT2D eigenvalue weighted by atomic mass is 9.96. The molecule has 0 saturated heterocycles. The lowest BCUT2D eigenvalue weighted by molar-refractivity contribution is 1.07. The van der Waals surface area contributed by atoms with Crippen molar-refractivity contribution in [1.82, 2.24) is 15.0 Å². The average molecular weight is 654 g/mol. The minimum absolute atomic E-state index is 0.0608. The van der Waals surface area contributed by atoms with Crippen molar-refractivity contribution in [3.63, 3.8) is 0 Å². The van der Waals surface area contributed by atoms with Crippen molar-refractivity contribution in [3.05, 3.63) is 176 Å². The third kappa shape index (κ3) is 5.58. The Morgan fingerprint density at radius 3 is 1.65 bits per heavy atom. The Hall–Kier alpha value is -6.23. The van der Waals surface area contributed by atoms with Crippen molar-refractivity contribution < 1.29 is 13.7 Å². The zero-order chi connectivity index (χ0) is 41.3. The van der Waals surface area contributed by atoms with E-state index in [1.807, 2.05) is 103 Å². The topological polar surface area (TPSA) is 38.7 Å². The summed E-state index contributed by atoms with van der Waals surface area (Å²) in [6, 6.07) is 31.9. The lowest BCUT2D eigenvalue weighted by Crippen LogP contribution is -2.00. The van der Waals surface area contributed by atoms with E-state index in [1.165, 1.54) is 11.3 Å². The van der Waals surface area contributed by atoms with Gasteiger partial charge >= 0.3 is 0 Å². The van der Waals surface area contributed by atoms with Crippen molar-refractivity contribution >= 4 is 31.5 Å². The molecule has 0 unspecified atom stereocenters. The highest BCUT2D eigenvalue weighted by Crippen LogP contribution is 2.43. The molecule has 0 aliphatic carbocycles. The van der Waals surface area contributed by atoms with E-state index < -0.39 is 60.4 Å². The molecular weight excluding hydrogens is 615 g/mol. The van der Waals surface area contributed by atoms with Crippen LogP contribution in [-0.4, -0.2) is 15.0 Å². The SMILES string of the molecule is [2H]c1c([2H])c([2H])c(-c2cc(-c3c([2H])c([2H])c([2H])c([2H])c3[2H])c3sc4cc(-c5nc(-c6ccccc6)nc(-c6cccc(-c7ccccc7)c6)n5)ccc4c3c2)c([2H])c1[2H]. The number of aromatic nitrogens is 3. The van der Waals surface area contributed by atoms with E-state index in [0.717, 1.165) is 32.3 Å². The number of fused-ring (bicyclic) bond motifs is 3. The zero-order valence-electron chi connectivity index (χ0n) is 35.7. The van der Waals surface area contributed by atoms with Gasteiger partial charge in [0.15, 0.2) is 17.5 Å². The van der Waals surface area contributed by atoms with Gasteiger partial charge in [0.1, 0.15) is 0 Å². The molecule has 3 nitrogen and oxygen atoms in total. The van der Waals surface area contributed by atoms with Gasteiger partial charge in [-0.25, -0.2) is 15.0 Å². The van der Waals surface area contributed by atoms with Gasteiger partial charge in [0.2, 0.25) is 0 Å². The quantitative estimate of drug-likeness (QED) is 0.179. The maximum absolute atomic E-state index is 8.88. The number of hydrogen-bond acceptors (Lipinski definition) is 4. The lowest BCUT2D eigenvalue weighted by Gasteiger charge is -2.10. The largest absolute Gasteiger partial charge is 0.208 e. The Morgan fingerprint density at radius 1 is 0.388 bits per heavy atom. The summed E-state index contributed by atoms with van der Waals surface area (Å²) in [6.45, 7) is 0. The summed E-state index contributed by atoms with van der Waals surface area (Å²) in [5.74, 6) is 1.39. The third-order valence-electron chi connectivity index (χ3n) is 8.28. The monoisotopic (exact) mass is 653 g/mol. The van der Waals surface area contributed by atoms with Gasteiger partial charge in [-0.2, -0.15) is 0 Å². The normalized spacial score (nSPS) is 14.1. The van der Waals surface area contributed by atoms with Gasteiger partial charge in [-0.1, -0.05) is 151 Å². The van der Waals surface area contributed by atoms with Crippen LogP contribution < -0.4 is 0 Å². The Labute approximate surface area is 302 Å². The third-order valence-corrected chi connectivity index (χ3v) is 9.49. The molecule has 0 bridgehead atoms. The molecule has 9 rings (SSSR count). The summed E-state index contributed by atoms with van der Waals surface area (Å²) in [7, 11) is 0. The Kier molecular flexibility index (Phi) is 5.12. The predicted molar refractivity (Wildman–Crippen MR) is 205 cm³/mol. The predicted octanol–water partition coefficient (Wildman–Crippen LogP) is 12.2. The maximum atomic E-state index is 8.88. The van der Waals surface area contributed by atoms with Crippen LogP contribution in [0.3, 0.4) is 0 Å². The summed E-state index contributed by atoms with van der Waals surface area (Å²) >= 11 is 1.34. The molecule has 7 aromatic carbocycles. The van der Waals surface area contributed by atoms with Crippen LogP contribution in [0.1, 0.15) is 13.7 Å². The van der Waals surface area contributed by atoms with Gasteiger partial charge in [0, 0.05) is 42.4 Å². The molecule has 2 heterocycles. The van der Waals surface area contributed by atoms with E-state index in [9.17, 15) is 0 Å². The molecule has 0 N–H and O–H groups in total. The molecule has 0 amide bonds. The second-order valence-corrected chi connectivity index (χ2v) is 12.4. The van der Waals surface area contributed by atoms with Crippen molar-refractivity contribution in [3.8, 4) is 67.5 Å². The van der Waals surface area contributed by atoms with E-state index in [-0.39, 0.29) is 22.3 Å². The van der Waals surface area contributed by atoms with E-state index in [0.29, 0.717) is 33.1 Å². The smallest absolute Gasteiger partial charge is 0.164 e. The second kappa shape index (κ2) is 12.4. The van der Waals surface area contributed by atoms with Crippen LogP contribution in [0.4, 0.5) is 0 Å². The van der Waals surface area contributed by atoms with Crippen molar-refractivity contribution in [2.75, 3.05) is 0 Å². The van der Waals surface area contributed by atoms with Crippen LogP contribution in [0.5, 0.6) is 0 Å². The molecule has 0 atom stereocenters. The zero-order valence-corrected chi connectivity index (χ0v) is 26.5. The number of hydrogen-bond donors (Lipinski definition) is 0. The van der Waals surface area contributed by atoms with Gasteiger partial charge in [-0.3, -0.25) is 0 Å². The molecule has 230 valence electrons. The standard InChI is InChI=1S/C45H29N3S/c1-5-14-30(15-6-1)34-22-13-23-35(26-34)44-46-43(33-20-11-4-12-21-33)47-45(48-44)36-24-25-38-40-28-37(31-16-7-2-8-17-31)27-39(32-18-9-3-10-19-32)42(40)49-41(38)29-36/h1-29H/i2D,3D,7D,8D,9D,10D,16D,17D,18D,19D. The number of nitrogens with zero attached hydrogens (tertiary/aromatic N) is 3. The Bertz CT molecular complexity index is 3120. The molecule has 0 saturated carbocycles. The molecule has 0 fully saturated rings. The first-order chi connectivity index (χ1) is 28.4.